The number of fused-ring (bicyclic) bond motifs is 1. The minimum atomic E-state index is -1.67. The lowest BCUT2D eigenvalue weighted by Gasteiger charge is -2.29. The molecule has 0 aromatic carbocycles. The Morgan fingerprint density at radius 2 is 1.68 bits per heavy atom. The Labute approximate surface area is 104 Å². The molecule has 3 heterocycles. The summed E-state index contributed by atoms with van der Waals surface area (Å²) in [5.41, 5.74) is -0.765. The number of aromatic nitrogens is 4. The maximum absolute atomic E-state index is 13.6. The summed E-state index contributed by atoms with van der Waals surface area (Å²) in [5.74, 6) is -5.89. The highest BCUT2D eigenvalue weighted by Gasteiger charge is 2.28. The van der Waals surface area contributed by atoms with Crippen molar-refractivity contribution < 1.29 is 17.6 Å². The Morgan fingerprint density at radius 1 is 1.00 bits per heavy atom. The molecular formula is C10H7F4N5. The molecular weight excluding hydrogens is 266 g/mol. The molecule has 0 bridgehead atoms. The average Bonchev–Trinajstić information content (AvgIpc) is 2.84. The molecule has 19 heavy (non-hydrogen) atoms. The molecule has 5 nitrogen and oxygen atoms in total. The number of halogens is 4. The van der Waals surface area contributed by atoms with Gasteiger partial charge in [0.05, 0.1) is 6.54 Å². The molecule has 0 saturated heterocycles. The Hall–Kier alpha value is -2.19. The molecule has 1 aliphatic rings. The zero-order valence-corrected chi connectivity index (χ0v) is 9.45. The lowest BCUT2D eigenvalue weighted by Crippen LogP contribution is -2.35. The van der Waals surface area contributed by atoms with Crippen LogP contribution in [0.15, 0.2) is 6.33 Å². The first-order chi connectivity index (χ1) is 9.08. The van der Waals surface area contributed by atoms with Crippen molar-refractivity contribution in [1.29, 1.82) is 0 Å². The van der Waals surface area contributed by atoms with E-state index in [0.717, 1.165) is 0 Å². The topological polar surface area (TPSA) is 46.8 Å². The van der Waals surface area contributed by atoms with Crippen LogP contribution in [0.5, 0.6) is 0 Å². The second-order valence-electron chi connectivity index (χ2n) is 4.03. The number of hydrogen-bond acceptors (Lipinski definition) is 4. The SMILES string of the molecule is Fc1nc(F)c(F)c(N2CCn3cnnc3C2)c1F. The molecule has 0 atom stereocenters. The summed E-state index contributed by atoms with van der Waals surface area (Å²) in [6, 6.07) is 0. The van der Waals surface area contributed by atoms with E-state index in [1.807, 2.05) is 0 Å². The minimum absolute atomic E-state index is 0.0106. The molecule has 9 heteroatoms. The van der Waals surface area contributed by atoms with Gasteiger partial charge in [-0.3, -0.25) is 0 Å². The van der Waals surface area contributed by atoms with Crippen LogP contribution in [0.2, 0.25) is 0 Å². The van der Waals surface area contributed by atoms with Gasteiger partial charge in [0.1, 0.15) is 12.0 Å². The highest BCUT2D eigenvalue weighted by atomic mass is 19.2. The van der Waals surface area contributed by atoms with Gasteiger partial charge in [-0.05, 0) is 0 Å². The van der Waals surface area contributed by atoms with E-state index < -0.39 is 29.2 Å². The maximum Gasteiger partial charge on any atom is 0.253 e. The normalized spacial score (nSPS) is 14.6. The predicted molar refractivity (Wildman–Crippen MR) is 55.1 cm³/mol. The fourth-order valence-corrected chi connectivity index (χ4v) is 2.01. The molecule has 0 spiro atoms. The summed E-state index contributed by atoms with van der Waals surface area (Å²) in [6.07, 6.45) is 1.48. The van der Waals surface area contributed by atoms with Gasteiger partial charge in [0.15, 0.2) is 5.82 Å². The smallest absolute Gasteiger partial charge is 0.253 e. The van der Waals surface area contributed by atoms with Crippen LogP contribution >= 0.6 is 0 Å². The highest BCUT2D eigenvalue weighted by Crippen LogP contribution is 2.28. The molecule has 3 rings (SSSR count). The summed E-state index contributed by atoms with van der Waals surface area (Å²) in [7, 11) is 0. The largest absolute Gasteiger partial charge is 0.357 e. The van der Waals surface area contributed by atoms with Gasteiger partial charge < -0.3 is 9.47 Å². The van der Waals surface area contributed by atoms with Gasteiger partial charge in [0.25, 0.3) is 11.9 Å². The molecule has 1 aliphatic heterocycles. The lowest BCUT2D eigenvalue weighted by molar-refractivity contribution is 0.401. The Bertz CT molecular complexity index is 615. The van der Waals surface area contributed by atoms with E-state index in [0.29, 0.717) is 12.4 Å². The molecule has 0 unspecified atom stereocenters. The van der Waals surface area contributed by atoms with Crippen LogP contribution in [-0.4, -0.2) is 26.3 Å². The van der Waals surface area contributed by atoms with Gasteiger partial charge in [-0.2, -0.15) is 22.5 Å². The molecule has 0 amide bonds. The first-order valence-corrected chi connectivity index (χ1v) is 5.39. The van der Waals surface area contributed by atoms with Crippen LogP contribution in [0.3, 0.4) is 0 Å². The van der Waals surface area contributed by atoms with E-state index in [1.165, 1.54) is 11.2 Å². The third-order valence-corrected chi connectivity index (χ3v) is 2.93. The predicted octanol–water partition coefficient (Wildman–Crippen LogP) is 1.25. The van der Waals surface area contributed by atoms with E-state index in [1.54, 1.807) is 4.57 Å². The first-order valence-electron chi connectivity index (χ1n) is 5.39. The van der Waals surface area contributed by atoms with Gasteiger partial charge in [0, 0.05) is 13.1 Å². The zero-order valence-electron chi connectivity index (χ0n) is 9.45. The van der Waals surface area contributed by atoms with Crippen molar-refractivity contribution in [3.05, 3.63) is 35.7 Å². The monoisotopic (exact) mass is 273 g/mol. The number of anilines is 1. The molecule has 0 fully saturated rings. The third-order valence-electron chi connectivity index (χ3n) is 2.93. The van der Waals surface area contributed by atoms with Crippen molar-refractivity contribution in [2.24, 2.45) is 0 Å². The van der Waals surface area contributed by atoms with E-state index in [2.05, 4.69) is 15.2 Å². The number of pyridine rings is 1. The third kappa shape index (κ3) is 1.81. The standard InChI is InChI=1S/C10H7F4N5/c11-6-8(7(12)10(14)16-9(6)13)18-1-2-19-4-15-17-5(19)3-18/h4H,1-3H2. The summed E-state index contributed by atoms with van der Waals surface area (Å²) >= 11 is 0. The number of rotatable bonds is 1. The van der Waals surface area contributed by atoms with Gasteiger partial charge in [-0.15, -0.1) is 10.2 Å². The molecule has 0 N–H and O–H groups in total. The van der Waals surface area contributed by atoms with Gasteiger partial charge in [-0.25, -0.2) is 0 Å². The van der Waals surface area contributed by atoms with Crippen LogP contribution in [-0.2, 0) is 13.1 Å². The fourth-order valence-electron chi connectivity index (χ4n) is 2.01. The van der Waals surface area contributed by atoms with Crippen LogP contribution in [0, 0.1) is 23.5 Å². The van der Waals surface area contributed by atoms with Crippen molar-refractivity contribution >= 4 is 5.69 Å². The molecule has 0 radical (unpaired) electrons. The Balaban J connectivity index is 2.05. The quantitative estimate of drug-likeness (QED) is 0.579. The van der Waals surface area contributed by atoms with E-state index in [9.17, 15) is 17.6 Å². The highest BCUT2D eigenvalue weighted by molar-refractivity contribution is 5.49. The van der Waals surface area contributed by atoms with Crippen molar-refractivity contribution in [2.75, 3.05) is 11.4 Å². The van der Waals surface area contributed by atoms with E-state index in [4.69, 9.17) is 0 Å². The molecule has 2 aromatic rings. The van der Waals surface area contributed by atoms with Crippen LogP contribution < -0.4 is 4.90 Å². The molecule has 0 aliphatic carbocycles. The van der Waals surface area contributed by atoms with Crippen molar-refractivity contribution in [2.45, 2.75) is 13.1 Å². The van der Waals surface area contributed by atoms with Crippen molar-refractivity contribution in [3.8, 4) is 0 Å². The van der Waals surface area contributed by atoms with Gasteiger partial charge in [0.2, 0.25) is 11.6 Å². The second-order valence-corrected chi connectivity index (χ2v) is 4.03. The summed E-state index contributed by atoms with van der Waals surface area (Å²) in [6.45, 7) is 0.561. The first kappa shape index (κ1) is 11.9. The Morgan fingerprint density at radius 3 is 2.37 bits per heavy atom. The fraction of sp³-hybridized carbons (Fsp3) is 0.300. The zero-order chi connectivity index (χ0) is 13.6. The Kier molecular flexibility index (Phi) is 2.61. The number of nitrogens with zero attached hydrogens (tertiary/aromatic N) is 5. The summed E-state index contributed by atoms with van der Waals surface area (Å²) in [4.78, 5) is 3.69. The van der Waals surface area contributed by atoms with Crippen molar-refractivity contribution in [1.82, 2.24) is 19.7 Å². The summed E-state index contributed by atoms with van der Waals surface area (Å²) in [5, 5.41) is 7.41. The lowest BCUT2D eigenvalue weighted by atomic mass is 10.2. The van der Waals surface area contributed by atoms with E-state index in [-0.39, 0.29) is 13.1 Å². The van der Waals surface area contributed by atoms with E-state index >= 15 is 0 Å². The van der Waals surface area contributed by atoms with Crippen LogP contribution in [0.1, 0.15) is 5.82 Å². The van der Waals surface area contributed by atoms with Crippen LogP contribution in [0.25, 0.3) is 0 Å². The molecule has 2 aromatic heterocycles. The maximum atomic E-state index is 13.6. The second kappa shape index (κ2) is 4.18. The van der Waals surface area contributed by atoms with Crippen LogP contribution in [0.4, 0.5) is 23.2 Å². The molecule has 100 valence electrons. The number of hydrogen-bond donors (Lipinski definition) is 0. The molecule has 0 saturated carbocycles. The van der Waals surface area contributed by atoms with Gasteiger partial charge >= 0.3 is 0 Å². The minimum Gasteiger partial charge on any atom is -0.357 e. The summed E-state index contributed by atoms with van der Waals surface area (Å²) < 4.78 is 55.0. The average molecular weight is 273 g/mol. The van der Waals surface area contributed by atoms with Gasteiger partial charge in [-0.1, -0.05) is 0 Å². The van der Waals surface area contributed by atoms with Crippen molar-refractivity contribution in [3.63, 3.8) is 0 Å².